The number of hydrogen-bond acceptors (Lipinski definition) is 6. The Balaban J connectivity index is 1.86. The van der Waals surface area contributed by atoms with Crippen LogP contribution in [0.15, 0.2) is 6.20 Å². The van der Waals surface area contributed by atoms with Crippen molar-refractivity contribution in [2.24, 2.45) is 0 Å². The van der Waals surface area contributed by atoms with Crippen molar-refractivity contribution in [3.63, 3.8) is 0 Å². The molecule has 20 heavy (non-hydrogen) atoms. The van der Waals surface area contributed by atoms with Crippen LogP contribution >= 0.6 is 0 Å². The average Bonchev–Trinajstić information content (AvgIpc) is 2.73. The largest absolute Gasteiger partial charge is 0.369 e. The molecule has 6 heteroatoms. The molecule has 1 aromatic rings. The van der Waals surface area contributed by atoms with Gasteiger partial charge in [-0.25, -0.2) is 0 Å². The molecule has 0 unspecified atom stereocenters. The lowest BCUT2D eigenvalue weighted by Crippen LogP contribution is -2.26. The standard InChI is InChI=1S/C14H26N6/c1-19(2)9-7-8-15-13-12-16-18-14(17-13)20-10-5-3-4-6-11-20/h12H,3-11H2,1-2H3,(H,15,17,18). The van der Waals surface area contributed by atoms with E-state index in [-0.39, 0.29) is 0 Å². The minimum atomic E-state index is 0.768. The van der Waals surface area contributed by atoms with E-state index in [9.17, 15) is 0 Å². The first-order valence-corrected chi connectivity index (χ1v) is 7.59. The van der Waals surface area contributed by atoms with Gasteiger partial charge in [0, 0.05) is 19.6 Å². The fourth-order valence-corrected chi connectivity index (χ4v) is 2.40. The van der Waals surface area contributed by atoms with Crippen LogP contribution < -0.4 is 10.2 Å². The maximum Gasteiger partial charge on any atom is 0.247 e. The summed E-state index contributed by atoms with van der Waals surface area (Å²) in [6, 6.07) is 0. The van der Waals surface area contributed by atoms with Crippen molar-refractivity contribution in [3.8, 4) is 0 Å². The minimum Gasteiger partial charge on any atom is -0.369 e. The van der Waals surface area contributed by atoms with Gasteiger partial charge in [-0.1, -0.05) is 12.8 Å². The van der Waals surface area contributed by atoms with Crippen LogP contribution in [0.5, 0.6) is 0 Å². The summed E-state index contributed by atoms with van der Waals surface area (Å²) >= 11 is 0. The van der Waals surface area contributed by atoms with Gasteiger partial charge >= 0.3 is 0 Å². The molecule has 112 valence electrons. The van der Waals surface area contributed by atoms with Crippen molar-refractivity contribution in [1.82, 2.24) is 20.1 Å². The molecule has 0 atom stereocenters. The third-order valence-corrected chi connectivity index (χ3v) is 3.52. The van der Waals surface area contributed by atoms with Gasteiger partial charge in [-0.15, -0.1) is 5.10 Å². The molecule has 1 aromatic heterocycles. The quantitative estimate of drug-likeness (QED) is 0.798. The van der Waals surface area contributed by atoms with E-state index in [2.05, 4.69) is 44.4 Å². The highest BCUT2D eigenvalue weighted by Crippen LogP contribution is 2.15. The Bertz CT molecular complexity index is 387. The molecule has 1 saturated heterocycles. The first kappa shape index (κ1) is 15.0. The molecule has 1 aliphatic rings. The SMILES string of the molecule is CN(C)CCCNc1cnnc(N2CCCCCC2)n1. The van der Waals surface area contributed by atoms with E-state index < -0.39 is 0 Å². The Morgan fingerprint density at radius 1 is 1.20 bits per heavy atom. The summed E-state index contributed by atoms with van der Waals surface area (Å²) < 4.78 is 0. The highest BCUT2D eigenvalue weighted by molar-refractivity contribution is 5.38. The van der Waals surface area contributed by atoms with Crippen LogP contribution in [0.25, 0.3) is 0 Å². The molecule has 0 aliphatic carbocycles. The van der Waals surface area contributed by atoms with Gasteiger partial charge in [-0.3, -0.25) is 0 Å². The first-order valence-electron chi connectivity index (χ1n) is 7.59. The van der Waals surface area contributed by atoms with E-state index in [4.69, 9.17) is 0 Å². The molecular weight excluding hydrogens is 252 g/mol. The van der Waals surface area contributed by atoms with Gasteiger partial charge in [0.15, 0.2) is 5.82 Å². The number of aromatic nitrogens is 3. The van der Waals surface area contributed by atoms with Gasteiger partial charge in [0.1, 0.15) is 0 Å². The van der Waals surface area contributed by atoms with Crippen molar-refractivity contribution in [1.29, 1.82) is 0 Å². The monoisotopic (exact) mass is 278 g/mol. The van der Waals surface area contributed by atoms with Crippen LogP contribution in [0, 0.1) is 0 Å². The van der Waals surface area contributed by atoms with E-state index in [1.165, 1.54) is 25.7 Å². The van der Waals surface area contributed by atoms with Crippen molar-refractivity contribution in [2.75, 3.05) is 50.5 Å². The van der Waals surface area contributed by atoms with Gasteiger partial charge in [-0.2, -0.15) is 10.1 Å². The third kappa shape index (κ3) is 4.92. The fourth-order valence-electron chi connectivity index (χ4n) is 2.40. The smallest absolute Gasteiger partial charge is 0.247 e. The summed E-state index contributed by atoms with van der Waals surface area (Å²) in [5.41, 5.74) is 0. The molecule has 0 spiro atoms. The molecule has 0 aromatic carbocycles. The second-order valence-electron chi connectivity index (χ2n) is 5.63. The average molecular weight is 278 g/mol. The van der Waals surface area contributed by atoms with Crippen molar-refractivity contribution in [2.45, 2.75) is 32.1 Å². The van der Waals surface area contributed by atoms with E-state index in [1.807, 2.05) is 0 Å². The Morgan fingerprint density at radius 2 is 1.95 bits per heavy atom. The van der Waals surface area contributed by atoms with Crippen molar-refractivity contribution >= 4 is 11.8 Å². The number of hydrogen-bond donors (Lipinski definition) is 1. The normalized spacial score (nSPS) is 16.2. The van der Waals surface area contributed by atoms with Crippen LogP contribution in [0.4, 0.5) is 11.8 Å². The Labute approximate surface area is 121 Å². The zero-order valence-electron chi connectivity index (χ0n) is 12.7. The zero-order chi connectivity index (χ0) is 14.2. The summed E-state index contributed by atoms with van der Waals surface area (Å²) in [6.45, 7) is 4.08. The summed E-state index contributed by atoms with van der Waals surface area (Å²) in [7, 11) is 4.17. The highest BCUT2D eigenvalue weighted by Gasteiger charge is 2.13. The predicted octanol–water partition coefficient (Wildman–Crippen LogP) is 1.62. The fraction of sp³-hybridized carbons (Fsp3) is 0.786. The molecule has 1 N–H and O–H groups in total. The van der Waals surface area contributed by atoms with E-state index in [0.29, 0.717) is 0 Å². The molecule has 0 bridgehead atoms. The van der Waals surface area contributed by atoms with Crippen LogP contribution in [-0.2, 0) is 0 Å². The third-order valence-electron chi connectivity index (χ3n) is 3.52. The van der Waals surface area contributed by atoms with E-state index in [1.54, 1.807) is 6.20 Å². The lowest BCUT2D eigenvalue weighted by Gasteiger charge is -2.19. The maximum absolute atomic E-state index is 4.58. The van der Waals surface area contributed by atoms with E-state index in [0.717, 1.165) is 44.4 Å². The lowest BCUT2D eigenvalue weighted by molar-refractivity contribution is 0.405. The first-order chi connectivity index (χ1) is 9.75. The molecule has 0 radical (unpaired) electrons. The molecule has 0 saturated carbocycles. The highest BCUT2D eigenvalue weighted by atomic mass is 15.3. The molecule has 6 nitrogen and oxygen atoms in total. The topological polar surface area (TPSA) is 57.2 Å². The second-order valence-corrected chi connectivity index (χ2v) is 5.63. The summed E-state index contributed by atoms with van der Waals surface area (Å²) in [5.74, 6) is 1.60. The predicted molar refractivity (Wildman–Crippen MR) is 82.2 cm³/mol. The Morgan fingerprint density at radius 3 is 2.65 bits per heavy atom. The second kappa shape index (κ2) is 7.99. The van der Waals surface area contributed by atoms with Gasteiger partial charge in [0.25, 0.3) is 0 Å². The van der Waals surface area contributed by atoms with Crippen LogP contribution in [0.1, 0.15) is 32.1 Å². The molecule has 0 amide bonds. The number of anilines is 2. The Hall–Kier alpha value is -1.43. The molecule has 1 aliphatic heterocycles. The summed E-state index contributed by atoms with van der Waals surface area (Å²) in [4.78, 5) is 9.02. The molecular formula is C14H26N6. The van der Waals surface area contributed by atoms with Gasteiger partial charge in [0.05, 0.1) is 6.20 Å². The zero-order valence-corrected chi connectivity index (χ0v) is 12.7. The van der Waals surface area contributed by atoms with Crippen LogP contribution in [-0.4, -0.2) is 60.4 Å². The number of rotatable bonds is 6. The van der Waals surface area contributed by atoms with Gasteiger partial charge < -0.3 is 15.1 Å². The summed E-state index contributed by atoms with van der Waals surface area (Å²) in [5, 5.41) is 11.6. The lowest BCUT2D eigenvalue weighted by atomic mass is 10.2. The van der Waals surface area contributed by atoms with E-state index >= 15 is 0 Å². The van der Waals surface area contributed by atoms with Crippen LogP contribution in [0.2, 0.25) is 0 Å². The Kier molecular flexibility index (Phi) is 5.98. The molecule has 1 fully saturated rings. The minimum absolute atomic E-state index is 0.768. The summed E-state index contributed by atoms with van der Waals surface area (Å²) in [6.07, 6.45) is 7.87. The van der Waals surface area contributed by atoms with Crippen LogP contribution in [0.3, 0.4) is 0 Å². The molecule has 2 heterocycles. The molecule has 2 rings (SSSR count). The number of nitrogens with one attached hydrogen (secondary N) is 1. The maximum atomic E-state index is 4.58. The van der Waals surface area contributed by atoms with Gasteiger partial charge in [-0.05, 0) is 39.9 Å². The van der Waals surface area contributed by atoms with Crippen molar-refractivity contribution < 1.29 is 0 Å². The number of nitrogens with zero attached hydrogens (tertiary/aromatic N) is 5. The van der Waals surface area contributed by atoms with Gasteiger partial charge in [0.2, 0.25) is 5.95 Å². The van der Waals surface area contributed by atoms with Crippen molar-refractivity contribution in [3.05, 3.63) is 6.20 Å².